The first-order valence-electron chi connectivity index (χ1n) is 3.91. The number of hydrogen-bond acceptors (Lipinski definition) is 2. The first-order chi connectivity index (χ1) is 5.38. The highest BCUT2D eigenvalue weighted by Crippen LogP contribution is 2.08. The molecule has 0 aliphatic carbocycles. The van der Waals surface area contributed by atoms with Crippen molar-refractivity contribution in [3.05, 3.63) is 29.6 Å². The third-order valence-corrected chi connectivity index (χ3v) is 1.69. The number of hydrogen-bond donors (Lipinski definition) is 1. The molecular weight excluding hydrogens is 138 g/mol. The van der Waals surface area contributed by atoms with E-state index >= 15 is 0 Å². The summed E-state index contributed by atoms with van der Waals surface area (Å²) in [7, 11) is 0. The van der Waals surface area contributed by atoms with Crippen molar-refractivity contribution in [2.75, 3.05) is 0 Å². The molecule has 0 saturated heterocycles. The third kappa shape index (κ3) is 2.02. The van der Waals surface area contributed by atoms with E-state index in [0.717, 1.165) is 24.0 Å². The topological polar surface area (TPSA) is 33.1 Å². The summed E-state index contributed by atoms with van der Waals surface area (Å²) >= 11 is 0. The standard InChI is InChI=1S/C9H13NO/c1-2-3-8-6-10-5-4-9(8)7-11/h4-6,11H,2-3,7H2,1H3. The summed E-state index contributed by atoms with van der Waals surface area (Å²) in [5, 5.41) is 8.92. The van der Waals surface area contributed by atoms with Gasteiger partial charge in [0, 0.05) is 12.4 Å². The lowest BCUT2D eigenvalue weighted by Gasteiger charge is -2.03. The predicted octanol–water partition coefficient (Wildman–Crippen LogP) is 1.53. The van der Waals surface area contributed by atoms with E-state index in [9.17, 15) is 0 Å². The van der Waals surface area contributed by atoms with Crippen molar-refractivity contribution >= 4 is 0 Å². The van der Waals surface area contributed by atoms with Gasteiger partial charge in [0.05, 0.1) is 6.61 Å². The van der Waals surface area contributed by atoms with E-state index in [1.54, 1.807) is 6.20 Å². The maximum Gasteiger partial charge on any atom is 0.0685 e. The van der Waals surface area contributed by atoms with Crippen LogP contribution in [0.1, 0.15) is 24.5 Å². The fraction of sp³-hybridized carbons (Fsp3) is 0.444. The molecule has 0 amide bonds. The normalized spacial score (nSPS) is 10.0. The molecule has 2 nitrogen and oxygen atoms in total. The molecule has 0 aromatic carbocycles. The monoisotopic (exact) mass is 151 g/mol. The van der Waals surface area contributed by atoms with Crippen LogP contribution in [0.5, 0.6) is 0 Å². The maximum atomic E-state index is 8.92. The number of aliphatic hydroxyl groups is 1. The molecule has 0 atom stereocenters. The van der Waals surface area contributed by atoms with E-state index in [4.69, 9.17) is 5.11 Å². The summed E-state index contributed by atoms with van der Waals surface area (Å²) in [5.41, 5.74) is 2.17. The van der Waals surface area contributed by atoms with Gasteiger partial charge in [-0.1, -0.05) is 13.3 Å². The van der Waals surface area contributed by atoms with Gasteiger partial charge in [0.15, 0.2) is 0 Å². The van der Waals surface area contributed by atoms with Crippen LogP contribution in [0.25, 0.3) is 0 Å². The number of pyridine rings is 1. The molecule has 11 heavy (non-hydrogen) atoms. The fourth-order valence-electron chi connectivity index (χ4n) is 1.10. The Bertz CT molecular complexity index is 223. The van der Waals surface area contributed by atoms with Crippen LogP contribution in [0, 0.1) is 0 Å². The Morgan fingerprint density at radius 2 is 2.27 bits per heavy atom. The molecule has 1 aromatic heterocycles. The smallest absolute Gasteiger partial charge is 0.0685 e. The van der Waals surface area contributed by atoms with Crippen LogP contribution in [0.2, 0.25) is 0 Å². The van der Waals surface area contributed by atoms with E-state index in [0.29, 0.717) is 0 Å². The Morgan fingerprint density at radius 1 is 1.45 bits per heavy atom. The molecule has 60 valence electrons. The van der Waals surface area contributed by atoms with Crippen LogP contribution in [0.15, 0.2) is 18.5 Å². The largest absolute Gasteiger partial charge is 0.392 e. The number of nitrogens with zero attached hydrogens (tertiary/aromatic N) is 1. The zero-order valence-electron chi connectivity index (χ0n) is 6.75. The first kappa shape index (κ1) is 8.21. The Balaban J connectivity index is 2.83. The SMILES string of the molecule is CCCc1cnccc1CO. The Labute approximate surface area is 66.9 Å². The average molecular weight is 151 g/mol. The van der Waals surface area contributed by atoms with Gasteiger partial charge < -0.3 is 5.11 Å². The van der Waals surface area contributed by atoms with Gasteiger partial charge in [-0.2, -0.15) is 0 Å². The minimum Gasteiger partial charge on any atom is -0.392 e. The average Bonchev–Trinajstić information content (AvgIpc) is 2.06. The van der Waals surface area contributed by atoms with E-state index in [-0.39, 0.29) is 6.61 Å². The van der Waals surface area contributed by atoms with Crippen molar-refractivity contribution in [2.45, 2.75) is 26.4 Å². The zero-order chi connectivity index (χ0) is 8.10. The van der Waals surface area contributed by atoms with E-state index < -0.39 is 0 Å². The van der Waals surface area contributed by atoms with Crippen molar-refractivity contribution in [3.8, 4) is 0 Å². The summed E-state index contributed by atoms with van der Waals surface area (Å²) in [4.78, 5) is 4.00. The highest BCUT2D eigenvalue weighted by atomic mass is 16.3. The van der Waals surface area contributed by atoms with Gasteiger partial charge in [0.2, 0.25) is 0 Å². The molecular formula is C9H13NO. The van der Waals surface area contributed by atoms with Gasteiger partial charge in [-0.15, -0.1) is 0 Å². The second-order valence-corrected chi connectivity index (χ2v) is 2.55. The third-order valence-electron chi connectivity index (χ3n) is 1.69. The molecule has 0 spiro atoms. The van der Waals surface area contributed by atoms with E-state index in [1.165, 1.54) is 0 Å². The number of aliphatic hydroxyl groups excluding tert-OH is 1. The van der Waals surface area contributed by atoms with Crippen LogP contribution in [-0.2, 0) is 13.0 Å². The van der Waals surface area contributed by atoms with Crippen LogP contribution in [-0.4, -0.2) is 10.1 Å². The lowest BCUT2D eigenvalue weighted by atomic mass is 10.1. The summed E-state index contributed by atoms with van der Waals surface area (Å²) in [6.45, 7) is 2.24. The Hall–Kier alpha value is -0.890. The molecule has 0 bridgehead atoms. The molecule has 0 unspecified atom stereocenters. The predicted molar refractivity (Wildman–Crippen MR) is 44.2 cm³/mol. The van der Waals surface area contributed by atoms with Crippen molar-refractivity contribution in [2.24, 2.45) is 0 Å². The second kappa shape index (κ2) is 4.09. The maximum absolute atomic E-state index is 8.92. The molecule has 0 aliphatic heterocycles. The number of aromatic nitrogens is 1. The van der Waals surface area contributed by atoms with Gasteiger partial charge in [-0.3, -0.25) is 4.98 Å². The molecule has 1 aromatic rings. The van der Waals surface area contributed by atoms with Gasteiger partial charge in [0.25, 0.3) is 0 Å². The fourth-order valence-corrected chi connectivity index (χ4v) is 1.10. The van der Waals surface area contributed by atoms with Crippen LogP contribution >= 0.6 is 0 Å². The van der Waals surface area contributed by atoms with Crippen LogP contribution < -0.4 is 0 Å². The molecule has 1 N–H and O–H groups in total. The molecule has 1 heterocycles. The number of rotatable bonds is 3. The van der Waals surface area contributed by atoms with E-state index in [1.807, 2.05) is 12.3 Å². The minimum atomic E-state index is 0.123. The summed E-state index contributed by atoms with van der Waals surface area (Å²) < 4.78 is 0. The summed E-state index contributed by atoms with van der Waals surface area (Å²) in [6.07, 6.45) is 5.64. The Morgan fingerprint density at radius 3 is 2.91 bits per heavy atom. The van der Waals surface area contributed by atoms with Crippen LogP contribution in [0.4, 0.5) is 0 Å². The van der Waals surface area contributed by atoms with Gasteiger partial charge >= 0.3 is 0 Å². The highest BCUT2D eigenvalue weighted by Gasteiger charge is 1.98. The van der Waals surface area contributed by atoms with Crippen molar-refractivity contribution in [3.63, 3.8) is 0 Å². The summed E-state index contributed by atoms with van der Waals surface area (Å²) in [5.74, 6) is 0. The molecule has 0 fully saturated rings. The molecule has 0 saturated carbocycles. The van der Waals surface area contributed by atoms with Crippen LogP contribution in [0.3, 0.4) is 0 Å². The Kier molecular flexibility index (Phi) is 3.05. The lowest BCUT2D eigenvalue weighted by molar-refractivity contribution is 0.280. The lowest BCUT2D eigenvalue weighted by Crippen LogP contribution is -1.93. The molecule has 0 aliphatic rings. The van der Waals surface area contributed by atoms with Gasteiger partial charge in [-0.05, 0) is 23.6 Å². The van der Waals surface area contributed by atoms with Gasteiger partial charge in [0.1, 0.15) is 0 Å². The molecule has 0 radical (unpaired) electrons. The molecule has 1 rings (SSSR count). The first-order valence-corrected chi connectivity index (χ1v) is 3.91. The minimum absolute atomic E-state index is 0.123. The van der Waals surface area contributed by atoms with Crippen molar-refractivity contribution in [1.29, 1.82) is 0 Å². The second-order valence-electron chi connectivity index (χ2n) is 2.55. The molecule has 2 heteroatoms. The van der Waals surface area contributed by atoms with Crippen molar-refractivity contribution < 1.29 is 5.11 Å². The zero-order valence-corrected chi connectivity index (χ0v) is 6.75. The number of aryl methyl sites for hydroxylation is 1. The van der Waals surface area contributed by atoms with Crippen molar-refractivity contribution in [1.82, 2.24) is 4.98 Å². The van der Waals surface area contributed by atoms with Gasteiger partial charge in [-0.25, -0.2) is 0 Å². The quantitative estimate of drug-likeness (QED) is 0.710. The summed E-state index contributed by atoms with van der Waals surface area (Å²) in [6, 6.07) is 1.87. The highest BCUT2D eigenvalue weighted by molar-refractivity contribution is 5.22. The van der Waals surface area contributed by atoms with E-state index in [2.05, 4.69) is 11.9 Å².